The minimum Gasteiger partial charge on any atom is -0.338 e. The minimum atomic E-state index is -0.339. The van der Waals surface area contributed by atoms with E-state index in [1.807, 2.05) is 11.0 Å². The second-order valence-electron chi connectivity index (χ2n) is 6.67. The molecule has 2 N–H and O–H groups in total. The Kier molecular flexibility index (Phi) is 3.53. The van der Waals surface area contributed by atoms with E-state index < -0.39 is 0 Å². The average molecular weight is 313 g/mol. The first-order valence-corrected chi connectivity index (χ1v) is 8.25. The van der Waals surface area contributed by atoms with Gasteiger partial charge in [0.1, 0.15) is 5.82 Å². The average Bonchev–Trinajstić information content (AvgIpc) is 3.30. The number of hydrogen-bond donors (Lipinski definition) is 1. The van der Waals surface area contributed by atoms with Crippen LogP contribution in [0.3, 0.4) is 0 Å². The highest BCUT2D eigenvalue weighted by molar-refractivity contribution is 6.06. The highest BCUT2D eigenvalue weighted by atomic mass is 19.1. The molecule has 2 heterocycles. The van der Waals surface area contributed by atoms with E-state index in [4.69, 9.17) is 5.73 Å². The minimum absolute atomic E-state index is 0.0270. The first-order valence-electron chi connectivity index (χ1n) is 8.25. The SMILES string of the molecule is NC[C@@H]1CCN(C(=O)c2cc(C3CC3)nc3ccc(F)cc23)C1. The Hall–Kier alpha value is -2.01. The van der Waals surface area contributed by atoms with Crippen molar-refractivity contribution in [1.82, 2.24) is 9.88 Å². The van der Waals surface area contributed by atoms with E-state index in [2.05, 4.69) is 4.98 Å². The van der Waals surface area contributed by atoms with Gasteiger partial charge in [-0.3, -0.25) is 9.78 Å². The molecule has 23 heavy (non-hydrogen) atoms. The summed E-state index contributed by atoms with van der Waals surface area (Å²) in [5.41, 5.74) is 7.96. The van der Waals surface area contributed by atoms with Gasteiger partial charge in [0, 0.05) is 30.1 Å². The van der Waals surface area contributed by atoms with Gasteiger partial charge >= 0.3 is 0 Å². The van der Waals surface area contributed by atoms with Gasteiger partial charge in [0.05, 0.1) is 11.1 Å². The number of likely N-dealkylation sites (tertiary alicyclic amines) is 1. The summed E-state index contributed by atoms with van der Waals surface area (Å²) in [6, 6.07) is 6.36. The van der Waals surface area contributed by atoms with E-state index >= 15 is 0 Å². The molecule has 4 rings (SSSR count). The smallest absolute Gasteiger partial charge is 0.254 e. The normalized spacial score (nSPS) is 21.1. The van der Waals surface area contributed by atoms with Crippen molar-refractivity contribution in [2.24, 2.45) is 11.7 Å². The van der Waals surface area contributed by atoms with Gasteiger partial charge in [0.25, 0.3) is 5.91 Å². The van der Waals surface area contributed by atoms with Gasteiger partial charge in [-0.05, 0) is 56.0 Å². The van der Waals surface area contributed by atoms with Crippen LogP contribution in [-0.2, 0) is 0 Å². The fourth-order valence-electron chi connectivity index (χ4n) is 3.36. The third-order valence-electron chi connectivity index (χ3n) is 4.92. The number of hydrogen-bond acceptors (Lipinski definition) is 3. The van der Waals surface area contributed by atoms with Crippen LogP contribution in [0.5, 0.6) is 0 Å². The van der Waals surface area contributed by atoms with Crippen molar-refractivity contribution in [3.8, 4) is 0 Å². The summed E-state index contributed by atoms with van der Waals surface area (Å²) in [6.45, 7) is 2.01. The van der Waals surface area contributed by atoms with Gasteiger partial charge < -0.3 is 10.6 Å². The quantitative estimate of drug-likeness (QED) is 0.948. The molecule has 1 saturated carbocycles. The first kappa shape index (κ1) is 14.6. The molecule has 1 amide bonds. The van der Waals surface area contributed by atoms with Crippen LogP contribution in [0.2, 0.25) is 0 Å². The summed E-state index contributed by atoms with van der Waals surface area (Å²) in [5.74, 6) is 0.452. The predicted octanol–water partition coefficient (Wildman–Crippen LogP) is 2.67. The standard InChI is InChI=1S/C18H20FN3O/c19-13-3-4-16-14(7-13)15(8-17(21-16)12-1-2-12)18(23)22-6-5-11(9-20)10-22/h3-4,7-8,11-12H,1-2,5-6,9-10,20H2/t11-/m0/s1. The highest BCUT2D eigenvalue weighted by Gasteiger charge is 2.30. The summed E-state index contributed by atoms with van der Waals surface area (Å²) in [4.78, 5) is 19.4. The van der Waals surface area contributed by atoms with Crippen molar-refractivity contribution in [3.05, 3.63) is 41.3 Å². The van der Waals surface area contributed by atoms with Gasteiger partial charge in [0.2, 0.25) is 0 Å². The lowest BCUT2D eigenvalue weighted by molar-refractivity contribution is 0.0789. The number of rotatable bonds is 3. The summed E-state index contributed by atoms with van der Waals surface area (Å²) in [5, 5.41) is 0.607. The lowest BCUT2D eigenvalue weighted by Gasteiger charge is -2.18. The number of benzene rings is 1. The van der Waals surface area contributed by atoms with E-state index in [-0.39, 0.29) is 11.7 Å². The van der Waals surface area contributed by atoms with E-state index in [9.17, 15) is 9.18 Å². The van der Waals surface area contributed by atoms with Crippen molar-refractivity contribution in [3.63, 3.8) is 0 Å². The molecule has 0 spiro atoms. The highest BCUT2D eigenvalue weighted by Crippen LogP contribution is 2.40. The van der Waals surface area contributed by atoms with Crippen molar-refractivity contribution in [2.45, 2.75) is 25.2 Å². The maximum absolute atomic E-state index is 13.7. The predicted molar refractivity (Wildman–Crippen MR) is 86.7 cm³/mol. The Morgan fingerprint density at radius 2 is 2.13 bits per heavy atom. The van der Waals surface area contributed by atoms with E-state index in [1.54, 1.807) is 6.07 Å². The van der Waals surface area contributed by atoms with Crippen LogP contribution < -0.4 is 5.73 Å². The zero-order valence-electron chi connectivity index (χ0n) is 13.0. The fourth-order valence-corrected chi connectivity index (χ4v) is 3.36. The molecule has 2 fully saturated rings. The molecular weight excluding hydrogens is 293 g/mol. The Balaban J connectivity index is 1.77. The van der Waals surface area contributed by atoms with Crippen LogP contribution >= 0.6 is 0 Å². The zero-order chi connectivity index (χ0) is 16.0. The van der Waals surface area contributed by atoms with E-state index in [1.165, 1.54) is 12.1 Å². The molecule has 1 aliphatic carbocycles. The molecule has 0 bridgehead atoms. The third kappa shape index (κ3) is 2.70. The molecule has 0 unspecified atom stereocenters. The lowest BCUT2D eigenvalue weighted by Crippen LogP contribution is -2.30. The summed E-state index contributed by atoms with van der Waals surface area (Å²) < 4.78 is 13.7. The molecule has 2 aromatic rings. The number of carbonyl (C=O) groups excluding carboxylic acids is 1. The van der Waals surface area contributed by atoms with Crippen LogP contribution in [-0.4, -0.2) is 35.4 Å². The molecule has 1 saturated heterocycles. The zero-order valence-corrected chi connectivity index (χ0v) is 13.0. The molecule has 120 valence electrons. The Labute approximate surface area is 134 Å². The largest absolute Gasteiger partial charge is 0.338 e. The van der Waals surface area contributed by atoms with E-state index in [0.29, 0.717) is 41.4 Å². The summed E-state index contributed by atoms with van der Waals surface area (Å²) in [7, 11) is 0. The van der Waals surface area contributed by atoms with Gasteiger partial charge in [-0.15, -0.1) is 0 Å². The van der Waals surface area contributed by atoms with Crippen molar-refractivity contribution in [2.75, 3.05) is 19.6 Å². The second-order valence-corrected chi connectivity index (χ2v) is 6.67. The molecule has 1 aromatic carbocycles. The van der Waals surface area contributed by atoms with E-state index in [0.717, 1.165) is 31.5 Å². The second kappa shape index (κ2) is 5.57. The number of amides is 1. The maximum Gasteiger partial charge on any atom is 0.254 e. The fraction of sp³-hybridized carbons (Fsp3) is 0.444. The van der Waals surface area contributed by atoms with Gasteiger partial charge in [-0.25, -0.2) is 4.39 Å². The molecule has 2 aliphatic rings. The number of aromatic nitrogens is 1. The van der Waals surface area contributed by atoms with Crippen LogP contribution in [0.1, 0.15) is 41.2 Å². The van der Waals surface area contributed by atoms with Crippen LogP contribution in [0.25, 0.3) is 10.9 Å². The Bertz CT molecular complexity index is 772. The number of pyridine rings is 1. The van der Waals surface area contributed by atoms with Crippen molar-refractivity contribution >= 4 is 16.8 Å². The van der Waals surface area contributed by atoms with Crippen molar-refractivity contribution in [1.29, 1.82) is 0 Å². The summed E-state index contributed by atoms with van der Waals surface area (Å²) in [6.07, 6.45) is 3.17. The van der Waals surface area contributed by atoms with Crippen LogP contribution in [0.4, 0.5) is 4.39 Å². The number of fused-ring (bicyclic) bond motifs is 1. The molecule has 5 heteroatoms. The first-order chi connectivity index (χ1) is 11.2. The number of nitrogens with zero attached hydrogens (tertiary/aromatic N) is 2. The Morgan fingerprint density at radius 3 is 2.83 bits per heavy atom. The molecule has 1 aliphatic heterocycles. The van der Waals surface area contributed by atoms with Crippen LogP contribution in [0.15, 0.2) is 24.3 Å². The molecule has 1 atom stereocenters. The van der Waals surface area contributed by atoms with Gasteiger partial charge in [-0.2, -0.15) is 0 Å². The van der Waals surface area contributed by atoms with Crippen LogP contribution in [0, 0.1) is 11.7 Å². The lowest BCUT2D eigenvalue weighted by atomic mass is 10.0. The number of halogens is 1. The Morgan fingerprint density at radius 1 is 1.30 bits per heavy atom. The molecule has 0 radical (unpaired) electrons. The maximum atomic E-state index is 13.7. The molecule has 1 aromatic heterocycles. The van der Waals surface area contributed by atoms with Crippen molar-refractivity contribution < 1.29 is 9.18 Å². The van der Waals surface area contributed by atoms with Gasteiger partial charge in [-0.1, -0.05) is 0 Å². The topological polar surface area (TPSA) is 59.2 Å². The summed E-state index contributed by atoms with van der Waals surface area (Å²) >= 11 is 0. The monoisotopic (exact) mass is 313 g/mol. The van der Waals surface area contributed by atoms with Gasteiger partial charge in [0.15, 0.2) is 0 Å². The molecule has 4 nitrogen and oxygen atoms in total. The third-order valence-corrected chi connectivity index (χ3v) is 4.92. The number of nitrogens with two attached hydrogens (primary N) is 1. The molecular formula is C18H20FN3O. The number of carbonyl (C=O) groups is 1.